The second-order valence-corrected chi connectivity index (χ2v) is 6.88. The normalized spacial score (nSPS) is 16.5. The first-order valence-electron chi connectivity index (χ1n) is 10.6. The summed E-state index contributed by atoms with van der Waals surface area (Å²) in [6.45, 7) is 6.79. The Kier molecular flexibility index (Phi) is 13.0. The van der Waals surface area contributed by atoms with Crippen LogP contribution in [-0.2, 0) is 19.0 Å². The maximum absolute atomic E-state index is 11.9. The van der Waals surface area contributed by atoms with Crippen molar-refractivity contribution in [3.05, 3.63) is 18.5 Å². The molecule has 9 heteroatoms. The number of aromatic nitrogens is 2. The summed E-state index contributed by atoms with van der Waals surface area (Å²) in [5.41, 5.74) is 0. The Balaban J connectivity index is 1.26. The third-order valence-electron chi connectivity index (χ3n) is 4.49. The molecule has 0 aromatic carbocycles. The van der Waals surface area contributed by atoms with Crippen molar-refractivity contribution in [1.29, 1.82) is 0 Å². The van der Waals surface area contributed by atoms with Crippen LogP contribution in [0.15, 0.2) is 18.5 Å². The summed E-state index contributed by atoms with van der Waals surface area (Å²) < 4.78 is 16.5. The van der Waals surface area contributed by atoms with Gasteiger partial charge in [0.05, 0.1) is 32.3 Å². The number of anilines is 1. The molecule has 29 heavy (non-hydrogen) atoms. The van der Waals surface area contributed by atoms with Crippen LogP contribution in [0.3, 0.4) is 0 Å². The Bertz CT molecular complexity index is 529. The van der Waals surface area contributed by atoms with Crippen molar-refractivity contribution < 1.29 is 19.0 Å². The van der Waals surface area contributed by atoms with Crippen molar-refractivity contribution in [2.24, 2.45) is 5.92 Å². The molecule has 2 heterocycles. The van der Waals surface area contributed by atoms with E-state index >= 15 is 0 Å². The zero-order chi connectivity index (χ0) is 20.4. The molecule has 3 N–H and O–H groups in total. The maximum Gasteiger partial charge on any atom is 0.224 e. The van der Waals surface area contributed by atoms with E-state index in [1.54, 1.807) is 18.5 Å². The minimum absolute atomic E-state index is 0.120. The summed E-state index contributed by atoms with van der Waals surface area (Å²) in [6.07, 6.45) is 7.18. The first-order valence-corrected chi connectivity index (χ1v) is 10.6. The van der Waals surface area contributed by atoms with Crippen LogP contribution in [0.5, 0.6) is 0 Å². The monoisotopic (exact) mass is 409 g/mol. The van der Waals surface area contributed by atoms with Crippen LogP contribution in [0.2, 0.25) is 0 Å². The number of rotatable bonds is 16. The number of hydrogen-bond acceptors (Lipinski definition) is 8. The number of nitrogens with zero attached hydrogens (tertiary/aromatic N) is 2. The molecule has 0 bridgehead atoms. The number of nitrogens with one attached hydrogen (secondary N) is 3. The minimum atomic E-state index is 0.120. The van der Waals surface area contributed by atoms with Gasteiger partial charge in [-0.05, 0) is 38.3 Å². The molecule has 9 nitrogen and oxygen atoms in total. The van der Waals surface area contributed by atoms with E-state index in [1.807, 2.05) is 0 Å². The summed E-state index contributed by atoms with van der Waals surface area (Å²) in [4.78, 5) is 20.1. The average Bonchev–Trinajstić information content (AvgIpc) is 2.77. The number of ether oxygens (including phenoxy) is 3. The molecular formula is C20H35N5O4. The van der Waals surface area contributed by atoms with Crippen LogP contribution in [0.4, 0.5) is 5.95 Å². The molecule has 164 valence electrons. The van der Waals surface area contributed by atoms with Crippen molar-refractivity contribution in [3.8, 4) is 0 Å². The quantitative estimate of drug-likeness (QED) is 0.345. The Morgan fingerprint density at radius 2 is 1.66 bits per heavy atom. The molecule has 0 unspecified atom stereocenters. The van der Waals surface area contributed by atoms with Crippen LogP contribution in [0.1, 0.15) is 25.7 Å². The van der Waals surface area contributed by atoms with E-state index in [-0.39, 0.29) is 11.8 Å². The Labute approximate surface area is 173 Å². The number of piperidine rings is 1. The average molecular weight is 410 g/mol. The van der Waals surface area contributed by atoms with Gasteiger partial charge in [-0.15, -0.1) is 0 Å². The van der Waals surface area contributed by atoms with Gasteiger partial charge in [-0.1, -0.05) is 0 Å². The summed E-state index contributed by atoms with van der Waals surface area (Å²) in [5, 5.41) is 9.37. The maximum atomic E-state index is 11.9. The standard InChI is InChI=1S/C20H35N5O4/c26-19(18-5-1-6-21-17-18)22-9-3-11-27-13-15-29-16-14-28-12-4-10-25-20-23-7-2-8-24-20/h2,7-8,18,21H,1,3-6,9-17H2,(H,22,26)(H,23,24,25)/t18-/m0/s1. The highest BCUT2D eigenvalue weighted by molar-refractivity contribution is 5.78. The molecule has 1 fully saturated rings. The summed E-state index contributed by atoms with van der Waals surface area (Å²) in [5.74, 6) is 0.916. The number of hydrogen-bond donors (Lipinski definition) is 3. The van der Waals surface area contributed by atoms with Gasteiger partial charge in [-0.3, -0.25) is 4.79 Å². The highest BCUT2D eigenvalue weighted by Gasteiger charge is 2.19. The van der Waals surface area contributed by atoms with Crippen molar-refractivity contribution in [2.45, 2.75) is 25.7 Å². The number of carbonyl (C=O) groups is 1. The molecule has 2 rings (SSSR count). The molecule has 0 saturated carbocycles. The molecule has 1 aliphatic heterocycles. The summed E-state index contributed by atoms with van der Waals surface area (Å²) in [6, 6.07) is 1.79. The predicted octanol–water partition coefficient (Wildman–Crippen LogP) is 0.834. The molecule has 1 saturated heterocycles. The van der Waals surface area contributed by atoms with Gasteiger partial charge < -0.3 is 30.2 Å². The molecule has 1 atom stereocenters. The van der Waals surface area contributed by atoms with E-state index in [0.717, 1.165) is 45.3 Å². The molecule has 1 aromatic rings. The highest BCUT2D eigenvalue weighted by atomic mass is 16.5. The Morgan fingerprint density at radius 1 is 1.00 bits per heavy atom. The molecule has 1 amide bonds. The SMILES string of the molecule is O=C(NCCCOCCOCCOCCCNc1ncccn1)[C@H]1CCCNC1. The van der Waals surface area contributed by atoms with E-state index in [2.05, 4.69) is 25.9 Å². The summed E-state index contributed by atoms with van der Waals surface area (Å²) >= 11 is 0. The van der Waals surface area contributed by atoms with Gasteiger partial charge >= 0.3 is 0 Å². The smallest absolute Gasteiger partial charge is 0.224 e. The van der Waals surface area contributed by atoms with E-state index < -0.39 is 0 Å². The van der Waals surface area contributed by atoms with Crippen LogP contribution < -0.4 is 16.0 Å². The van der Waals surface area contributed by atoms with Gasteiger partial charge in [0.25, 0.3) is 0 Å². The molecular weight excluding hydrogens is 374 g/mol. The largest absolute Gasteiger partial charge is 0.379 e. The van der Waals surface area contributed by atoms with Crippen LogP contribution in [0.25, 0.3) is 0 Å². The first kappa shape index (κ1) is 23.5. The predicted molar refractivity (Wildman–Crippen MR) is 111 cm³/mol. The van der Waals surface area contributed by atoms with Crippen LogP contribution >= 0.6 is 0 Å². The first-order chi connectivity index (χ1) is 14.4. The Morgan fingerprint density at radius 3 is 2.31 bits per heavy atom. The zero-order valence-corrected chi connectivity index (χ0v) is 17.2. The van der Waals surface area contributed by atoms with Gasteiger partial charge in [0.15, 0.2) is 0 Å². The fraction of sp³-hybridized carbons (Fsp3) is 0.750. The third kappa shape index (κ3) is 11.7. The minimum Gasteiger partial charge on any atom is -0.379 e. The lowest BCUT2D eigenvalue weighted by molar-refractivity contribution is -0.125. The highest BCUT2D eigenvalue weighted by Crippen LogP contribution is 2.09. The third-order valence-corrected chi connectivity index (χ3v) is 4.49. The lowest BCUT2D eigenvalue weighted by Gasteiger charge is -2.21. The molecule has 0 spiro atoms. The van der Waals surface area contributed by atoms with Gasteiger partial charge in [-0.25, -0.2) is 9.97 Å². The lowest BCUT2D eigenvalue weighted by atomic mass is 9.99. The zero-order valence-electron chi connectivity index (χ0n) is 17.2. The van der Waals surface area contributed by atoms with E-state index in [9.17, 15) is 4.79 Å². The van der Waals surface area contributed by atoms with E-state index in [4.69, 9.17) is 14.2 Å². The molecule has 1 aliphatic rings. The Hall–Kier alpha value is -1.81. The van der Waals surface area contributed by atoms with Crippen molar-refractivity contribution in [2.75, 3.05) is 71.1 Å². The lowest BCUT2D eigenvalue weighted by Crippen LogP contribution is -2.40. The second kappa shape index (κ2) is 16.0. The van der Waals surface area contributed by atoms with Crippen molar-refractivity contribution >= 4 is 11.9 Å². The van der Waals surface area contributed by atoms with Crippen molar-refractivity contribution in [3.63, 3.8) is 0 Å². The number of carbonyl (C=O) groups excluding carboxylic acids is 1. The van der Waals surface area contributed by atoms with Crippen molar-refractivity contribution in [1.82, 2.24) is 20.6 Å². The fourth-order valence-electron chi connectivity index (χ4n) is 2.91. The molecule has 0 aliphatic carbocycles. The van der Waals surface area contributed by atoms with E-state index in [1.165, 1.54) is 0 Å². The van der Waals surface area contributed by atoms with Crippen LogP contribution in [-0.4, -0.2) is 81.7 Å². The van der Waals surface area contributed by atoms with Gasteiger partial charge in [0, 0.05) is 45.2 Å². The fourth-order valence-corrected chi connectivity index (χ4v) is 2.91. The van der Waals surface area contributed by atoms with Gasteiger partial charge in [0.1, 0.15) is 0 Å². The topological polar surface area (TPSA) is 107 Å². The number of amides is 1. The molecule has 0 radical (unpaired) electrons. The van der Waals surface area contributed by atoms with Crippen LogP contribution in [0, 0.1) is 5.92 Å². The summed E-state index contributed by atoms with van der Waals surface area (Å²) in [7, 11) is 0. The second-order valence-electron chi connectivity index (χ2n) is 6.88. The van der Waals surface area contributed by atoms with Gasteiger partial charge in [-0.2, -0.15) is 0 Å². The molecule has 1 aromatic heterocycles. The van der Waals surface area contributed by atoms with E-state index in [0.29, 0.717) is 52.1 Å². The van der Waals surface area contributed by atoms with Gasteiger partial charge in [0.2, 0.25) is 11.9 Å².